The van der Waals surface area contributed by atoms with E-state index in [0.717, 1.165) is 37.4 Å². The predicted molar refractivity (Wildman–Crippen MR) is 117 cm³/mol. The van der Waals surface area contributed by atoms with Gasteiger partial charge in [0.05, 0.1) is 17.6 Å². The Balaban J connectivity index is 1.38. The first-order chi connectivity index (χ1) is 15.0. The number of nitrogens with zero attached hydrogens (tertiary/aromatic N) is 4. The van der Waals surface area contributed by atoms with Crippen molar-refractivity contribution in [2.24, 2.45) is 0 Å². The fourth-order valence-corrected chi connectivity index (χ4v) is 4.01. The second-order valence-corrected chi connectivity index (χ2v) is 7.76. The minimum Gasteiger partial charge on any atom is -0.368 e. The Morgan fingerprint density at radius 2 is 1.97 bits per heavy atom. The van der Waals surface area contributed by atoms with Crippen molar-refractivity contribution in [3.05, 3.63) is 53.1 Å². The normalized spacial score (nSPS) is 16.7. The van der Waals surface area contributed by atoms with Crippen LogP contribution in [-0.4, -0.2) is 66.5 Å². The monoisotopic (exact) mass is 426 g/mol. The SMILES string of the molecule is CCN1Cc2ccc(CN3CCN(c4ccc(C(=O)NC)nc4)CC3)c(F)c2NC1=O. The van der Waals surface area contributed by atoms with Gasteiger partial charge in [-0.3, -0.25) is 9.69 Å². The number of amides is 3. The van der Waals surface area contributed by atoms with E-state index in [0.29, 0.717) is 36.6 Å². The van der Waals surface area contributed by atoms with Crippen LogP contribution in [-0.2, 0) is 13.1 Å². The number of carbonyl (C=O) groups excluding carboxylic acids is 2. The number of aromatic nitrogens is 1. The van der Waals surface area contributed by atoms with Gasteiger partial charge in [-0.2, -0.15) is 0 Å². The molecule has 2 aliphatic rings. The smallest absolute Gasteiger partial charge is 0.322 e. The van der Waals surface area contributed by atoms with Crippen LogP contribution < -0.4 is 15.5 Å². The van der Waals surface area contributed by atoms with Crippen LogP contribution in [0.3, 0.4) is 0 Å². The Bertz CT molecular complexity index is 973. The first-order valence-corrected chi connectivity index (χ1v) is 10.5. The summed E-state index contributed by atoms with van der Waals surface area (Å²) >= 11 is 0. The summed E-state index contributed by atoms with van der Waals surface area (Å²) in [4.78, 5) is 34.0. The standard InChI is InChI=1S/C22H27FN6O2/c1-3-28-14-16-5-4-15(19(23)20(16)26-22(28)31)13-27-8-10-29(11-9-27)17-6-7-18(25-12-17)21(30)24-2/h4-7,12H,3,8-11,13-14H2,1-2H3,(H,24,30)(H,26,31). The topological polar surface area (TPSA) is 80.8 Å². The average molecular weight is 426 g/mol. The summed E-state index contributed by atoms with van der Waals surface area (Å²) in [5, 5.41) is 5.26. The summed E-state index contributed by atoms with van der Waals surface area (Å²) < 4.78 is 15.1. The number of hydrogen-bond acceptors (Lipinski definition) is 5. The van der Waals surface area contributed by atoms with Crippen LogP contribution in [0.4, 0.5) is 20.6 Å². The summed E-state index contributed by atoms with van der Waals surface area (Å²) in [5.74, 6) is -0.542. The van der Waals surface area contributed by atoms with E-state index in [4.69, 9.17) is 0 Å². The number of anilines is 2. The maximum atomic E-state index is 15.1. The van der Waals surface area contributed by atoms with Crippen molar-refractivity contribution in [2.75, 3.05) is 50.0 Å². The molecule has 1 saturated heterocycles. The Morgan fingerprint density at radius 3 is 2.61 bits per heavy atom. The second-order valence-electron chi connectivity index (χ2n) is 7.76. The molecule has 1 aromatic carbocycles. The fraction of sp³-hybridized carbons (Fsp3) is 0.409. The first-order valence-electron chi connectivity index (χ1n) is 10.5. The lowest BCUT2D eigenvalue weighted by Gasteiger charge is -2.36. The van der Waals surface area contributed by atoms with E-state index < -0.39 is 0 Å². The van der Waals surface area contributed by atoms with Gasteiger partial charge in [-0.1, -0.05) is 12.1 Å². The number of rotatable bonds is 5. The highest BCUT2D eigenvalue weighted by molar-refractivity contribution is 5.93. The molecule has 0 unspecified atom stereocenters. The molecule has 0 spiro atoms. The van der Waals surface area contributed by atoms with Gasteiger partial charge in [0.25, 0.3) is 5.91 Å². The molecule has 8 nitrogen and oxygen atoms in total. The van der Waals surface area contributed by atoms with Gasteiger partial charge in [0.2, 0.25) is 0 Å². The van der Waals surface area contributed by atoms with Crippen molar-refractivity contribution in [2.45, 2.75) is 20.0 Å². The van der Waals surface area contributed by atoms with Gasteiger partial charge >= 0.3 is 6.03 Å². The van der Waals surface area contributed by atoms with Gasteiger partial charge in [0, 0.05) is 58.4 Å². The van der Waals surface area contributed by atoms with E-state index in [2.05, 4.69) is 25.4 Å². The van der Waals surface area contributed by atoms with Gasteiger partial charge in [-0.25, -0.2) is 14.2 Å². The van der Waals surface area contributed by atoms with Gasteiger partial charge in [-0.15, -0.1) is 0 Å². The lowest BCUT2D eigenvalue weighted by Crippen LogP contribution is -2.46. The van der Waals surface area contributed by atoms with Crippen LogP contribution in [0.1, 0.15) is 28.5 Å². The molecule has 9 heteroatoms. The molecule has 3 amide bonds. The minimum absolute atomic E-state index is 0.206. The molecule has 2 N–H and O–H groups in total. The number of carbonyl (C=O) groups is 2. The van der Waals surface area contributed by atoms with Crippen LogP contribution in [0, 0.1) is 5.82 Å². The Morgan fingerprint density at radius 1 is 1.19 bits per heavy atom. The Hall–Kier alpha value is -3.20. The molecule has 164 valence electrons. The van der Waals surface area contributed by atoms with Crippen molar-refractivity contribution in [3.63, 3.8) is 0 Å². The van der Waals surface area contributed by atoms with Crippen LogP contribution in [0.25, 0.3) is 0 Å². The third-order valence-corrected chi connectivity index (χ3v) is 5.91. The average Bonchev–Trinajstić information content (AvgIpc) is 2.81. The van der Waals surface area contributed by atoms with Crippen molar-refractivity contribution < 1.29 is 14.0 Å². The number of urea groups is 1. The van der Waals surface area contributed by atoms with E-state index in [1.54, 1.807) is 24.2 Å². The third-order valence-electron chi connectivity index (χ3n) is 5.91. The van der Waals surface area contributed by atoms with Crippen molar-refractivity contribution >= 4 is 23.3 Å². The summed E-state index contributed by atoms with van der Waals surface area (Å²) in [6, 6.07) is 7.10. The number of fused-ring (bicyclic) bond motifs is 1. The maximum Gasteiger partial charge on any atom is 0.322 e. The van der Waals surface area contributed by atoms with E-state index in [1.165, 1.54) is 0 Å². The van der Waals surface area contributed by atoms with Crippen LogP contribution in [0.2, 0.25) is 0 Å². The van der Waals surface area contributed by atoms with E-state index in [-0.39, 0.29) is 17.8 Å². The summed E-state index contributed by atoms with van der Waals surface area (Å²) in [6.45, 7) is 6.55. The molecule has 31 heavy (non-hydrogen) atoms. The zero-order valence-corrected chi connectivity index (χ0v) is 17.8. The molecule has 0 aliphatic carbocycles. The zero-order chi connectivity index (χ0) is 22.0. The molecular weight excluding hydrogens is 399 g/mol. The number of nitrogens with one attached hydrogen (secondary N) is 2. The van der Waals surface area contributed by atoms with Gasteiger partial charge in [-0.05, 0) is 24.6 Å². The largest absolute Gasteiger partial charge is 0.368 e. The Labute approximate surface area is 181 Å². The molecule has 0 saturated carbocycles. The lowest BCUT2D eigenvalue weighted by molar-refractivity contribution is 0.0958. The molecule has 4 rings (SSSR count). The number of piperazine rings is 1. The van der Waals surface area contributed by atoms with Crippen LogP contribution >= 0.6 is 0 Å². The van der Waals surface area contributed by atoms with Crippen molar-refractivity contribution in [1.82, 2.24) is 20.1 Å². The highest BCUT2D eigenvalue weighted by Crippen LogP contribution is 2.29. The quantitative estimate of drug-likeness (QED) is 0.767. The van der Waals surface area contributed by atoms with Crippen LogP contribution in [0.15, 0.2) is 30.5 Å². The van der Waals surface area contributed by atoms with Gasteiger partial charge in [0.15, 0.2) is 5.82 Å². The van der Waals surface area contributed by atoms with Crippen LogP contribution in [0.5, 0.6) is 0 Å². The summed E-state index contributed by atoms with van der Waals surface area (Å²) in [6.07, 6.45) is 1.71. The molecular formula is C22H27FN6O2. The highest BCUT2D eigenvalue weighted by atomic mass is 19.1. The second kappa shape index (κ2) is 8.89. The lowest BCUT2D eigenvalue weighted by atomic mass is 10.0. The summed E-state index contributed by atoms with van der Waals surface area (Å²) in [5.41, 5.74) is 3.07. The maximum absolute atomic E-state index is 15.1. The molecule has 1 aromatic heterocycles. The molecule has 1 fully saturated rings. The zero-order valence-electron chi connectivity index (χ0n) is 17.8. The predicted octanol–water partition coefficient (Wildman–Crippen LogP) is 2.27. The molecule has 0 atom stereocenters. The van der Waals surface area contributed by atoms with Crippen molar-refractivity contribution in [3.8, 4) is 0 Å². The van der Waals surface area contributed by atoms with E-state index >= 15 is 4.39 Å². The number of pyridine rings is 1. The number of halogens is 1. The minimum atomic E-state index is -0.335. The number of hydrogen-bond donors (Lipinski definition) is 2. The highest BCUT2D eigenvalue weighted by Gasteiger charge is 2.26. The van der Waals surface area contributed by atoms with Gasteiger partial charge < -0.3 is 20.4 Å². The van der Waals surface area contributed by atoms with Gasteiger partial charge in [0.1, 0.15) is 5.69 Å². The summed E-state index contributed by atoms with van der Waals surface area (Å²) in [7, 11) is 1.58. The molecule has 0 bridgehead atoms. The number of benzene rings is 1. The Kier molecular flexibility index (Phi) is 6.03. The molecule has 0 radical (unpaired) electrons. The third kappa shape index (κ3) is 4.32. The molecule has 2 aliphatic heterocycles. The first kappa shape index (κ1) is 21.0. The fourth-order valence-electron chi connectivity index (χ4n) is 4.01. The molecule has 3 heterocycles. The van der Waals surface area contributed by atoms with E-state index in [9.17, 15) is 9.59 Å². The molecule has 2 aromatic rings. The van der Waals surface area contributed by atoms with E-state index in [1.807, 2.05) is 25.1 Å². The van der Waals surface area contributed by atoms with Crippen molar-refractivity contribution in [1.29, 1.82) is 0 Å².